The average Bonchev–Trinajstić information content (AvgIpc) is 3.04. The Bertz CT molecular complexity index is 1170. The van der Waals surface area contributed by atoms with Crippen LogP contribution in [-0.4, -0.2) is 47.0 Å². The van der Waals surface area contributed by atoms with Gasteiger partial charge in [0.2, 0.25) is 0 Å². The molecule has 0 amide bonds. The molecular weight excluding hydrogens is 348 g/mol. The molecule has 0 aliphatic rings. The largest absolute Gasteiger partial charge is 0.496 e. The predicted octanol–water partition coefficient (Wildman–Crippen LogP) is 2.30. The fraction of sp³-hybridized carbons (Fsp3) is 0.211. The van der Waals surface area contributed by atoms with Gasteiger partial charge in [0, 0.05) is 31.0 Å². The zero-order valence-corrected chi connectivity index (χ0v) is 14.9. The Morgan fingerprint density at radius 3 is 2.67 bits per heavy atom. The molecule has 0 aliphatic carbocycles. The van der Waals surface area contributed by atoms with Gasteiger partial charge in [0.1, 0.15) is 23.6 Å². The standard InChI is InChI=1S/C19H18N4O4/c1-25-9-10-27-16-6-8-21-18-17(16)23(19(24)22-18)12-3-4-14-13(11-12)15(26-2)5-7-20-14/h3-8,11H,9-10H2,1-2H3,(H,21,22,24). The lowest BCUT2D eigenvalue weighted by atomic mass is 10.2. The number of pyridine rings is 2. The Labute approximate surface area is 154 Å². The number of nitrogens with zero attached hydrogens (tertiary/aromatic N) is 3. The van der Waals surface area contributed by atoms with Crippen molar-refractivity contribution in [3.8, 4) is 17.2 Å². The number of ether oxygens (including phenoxy) is 3. The number of aromatic nitrogens is 4. The van der Waals surface area contributed by atoms with E-state index in [1.807, 2.05) is 18.2 Å². The van der Waals surface area contributed by atoms with Crippen molar-refractivity contribution in [2.75, 3.05) is 27.4 Å². The molecule has 4 aromatic rings. The second kappa shape index (κ2) is 7.08. The van der Waals surface area contributed by atoms with Gasteiger partial charge in [0.25, 0.3) is 0 Å². The first-order valence-electron chi connectivity index (χ1n) is 8.37. The zero-order valence-electron chi connectivity index (χ0n) is 14.9. The zero-order chi connectivity index (χ0) is 18.8. The Morgan fingerprint density at radius 1 is 1.04 bits per heavy atom. The number of hydrogen-bond donors (Lipinski definition) is 1. The Balaban J connectivity index is 1.92. The van der Waals surface area contributed by atoms with E-state index in [1.54, 1.807) is 38.7 Å². The van der Waals surface area contributed by atoms with Crippen LogP contribution in [0.2, 0.25) is 0 Å². The van der Waals surface area contributed by atoms with Crippen LogP contribution < -0.4 is 15.2 Å². The van der Waals surface area contributed by atoms with Crippen LogP contribution in [0.25, 0.3) is 27.8 Å². The highest BCUT2D eigenvalue weighted by Gasteiger charge is 2.16. The SMILES string of the molecule is COCCOc1ccnc2[nH]c(=O)n(-c3ccc4nccc(OC)c4c3)c12. The summed E-state index contributed by atoms with van der Waals surface area (Å²) in [5.74, 6) is 1.23. The first-order chi connectivity index (χ1) is 13.2. The number of H-pyrrole nitrogens is 1. The number of aromatic amines is 1. The summed E-state index contributed by atoms with van der Waals surface area (Å²) < 4.78 is 17.8. The van der Waals surface area contributed by atoms with Gasteiger partial charge in [-0.05, 0) is 24.3 Å². The number of rotatable bonds is 6. The fourth-order valence-electron chi connectivity index (χ4n) is 3.03. The third kappa shape index (κ3) is 3.00. The minimum Gasteiger partial charge on any atom is -0.496 e. The van der Waals surface area contributed by atoms with Gasteiger partial charge in [-0.25, -0.2) is 9.78 Å². The fourth-order valence-corrected chi connectivity index (χ4v) is 3.03. The van der Waals surface area contributed by atoms with Crippen LogP contribution in [0.15, 0.2) is 47.5 Å². The molecule has 0 fully saturated rings. The van der Waals surface area contributed by atoms with Crippen molar-refractivity contribution >= 4 is 22.1 Å². The van der Waals surface area contributed by atoms with E-state index in [2.05, 4.69) is 15.0 Å². The van der Waals surface area contributed by atoms with Crippen LogP contribution in [0.1, 0.15) is 0 Å². The highest BCUT2D eigenvalue weighted by Crippen LogP contribution is 2.29. The number of benzene rings is 1. The summed E-state index contributed by atoms with van der Waals surface area (Å²) >= 11 is 0. The number of fused-ring (bicyclic) bond motifs is 2. The Hall–Kier alpha value is -3.39. The molecule has 3 aromatic heterocycles. The third-order valence-electron chi connectivity index (χ3n) is 4.25. The number of nitrogens with one attached hydrogen (secondary N) is 1. The first-order valence-corrected chi connectivity index (χ1v) is 8.37. The molecule has 3 heterocycles. The van der Waals surface area contributed by atoms with Gasteiger partial charge < -0.3 is 14.2 Å². The number of methoxy groups -OCH3 is 2. The lowest BCUT2D eigenvalue weighted by Gasteiger charge is -2.11. The first kappa shape index (κ1) is 17.0. The maximum Gasteiger partial charge on any atom is 0.332 e. The maximum absolute atomic E-state index is 12.7. The molecule has 1 N–H and O–H groups in total. The minimum atomic E-state index is -0.303. The van der Waals surface area contributed by atoms with E-state index in [0.717, 1.165) is 10.9 Å². The predicted molar refractivity (Wildman–Crippen MR) is 101 cm³/mol. The van der Waals surface area contributed by atoms with Crippen molar-refractivity contribution in [3.63, 3.8) is 0 Å². The van der Waals surface area contributed by atoms with Crippen LogP contribution in [-0.2, 0) is 4.74 Å². The quantitative estimate of drug-likeness (QED) is 0.527. The summed E-state index contributed by atoms with van der Waals surface area (Å²) in [7, 11) is 3.21. The summed E-state index contributed by atoms with van der Waals surface area (Å²) in [6, 6.07) is 9.05. The van der Waals surface area contributed by atoms with E-state index in [4.69, 9.17) is 14.2 Å². The highest BCUT2D eigenvalue weighted by molar-refractivity contribution is 5.88. The molecule has 0 spiro atoms. The van der Waals surface area contributed by atoms with Crippen molar-refractivity contribution in [2.45, 2.75) is 0 Å². The van der Waals surface area contributed by atoms with Crippen LogP contribution >= 0.6 is 0 Å². The van der Waals surface area contributed by atoms with E-state index in [1.165, 1.54) is 4.57 Å². The van der Waals surface area contributed by atoms with E-state index >= 15 is 0 Å². The van der Waals surface area contributed by atoms with Crippen LogP contribution in [0.5, 0.6) is 11.5 Å². The molecule has 0 radical (unpaired) electrons. The summed E-state index contributed by atoms with van der Waals surface area (Å²) in [4.78, 5) is 24.0. The highest BCUT2D eigenvalue weighted by atomic mass is 16.5. The molecule has 8 nitrogen and oxygen atoms in total. The topological polar surface area (TPSA) is 91.3 Å². The molecule has 0 atom stereocenters. The second-order valence-corrected chi connectivity index (χ2v) is 5.83. The van der Waals surface area contributed by atoms with Crippen LogP contribution in [0.4, 0.5) is 0 Å². The van der Waals surface area contributed by atoms with Crippen molar-refractivity contribution in [3.05, 3.63) is 53.2 Å². The minimum absolute atomic E-state index is 0.303. The molecule has 0 unspecified atom stereocenters. The molecule has 8 heteroatoms. The van der Waals surface area contributed by atoms with Gasteiger partial charge in [-0.1, -0.05) is 0 Å². The normalized spacial score (nSPS) is 11.2. The van der Waals surface area contributed by atoms with Crippen molar-refractivity contribution < 1.29 is 14.2 Å². The average molecular weight is 366 g/mol. The molecule has 138 valence electrons. The monoisotopic (exact) mass is 366 g/mol. The van der Waals surface area contributed by atoms with Gasteiger partial charge in [-0.3, -0.25) is 14.5 Å². The maximum atomic E-state index is 12.7. The van der Waals surface area contributed by atoms with Crippen LogP contribution in [0.3, 0.4) is 0 Å². The van der Waals surface area contributed by atoms with Crippen molar-refractivity contribution in [1.82, 2.24) is 19.5 Å². The Morgan fingerprint density at radius 2 is 1.85 bits per heavy atom. The summed E-state index contributed by atoms with van der Waals surface area (Å²) in [5.41, 5.74) is 2.16. The lowest BCUT2D eigenvalue weighted by molar-refractivity contribution is 0.147. The van der Waals surface area contributed by atoms with Crippen molar-refractivity contribution in [1.29, 1.82) is 0 Å². The Kier molecular flexibility index (Phi) is 4.47. The number of hydrogen-bond acceptors (Lipinski definition) is 6. The van der Waals surface area contributed by atoms with E-state index in [0.29, 0.717) is 41.6 Å². The van der Waals surface area contributed by atoms with Crippen LogP contribution in [0, 0.1) is 0 Å². The van der Waals surface area contributed by atoms with Gasteiger partial charge in [0.15, 0.2) is 5.65 Å². The molecular formula is C19H18N4O4. The van der Waals surface area contributed by atoms with Gasteiger partial charge in [-0.2, -0.15) is 0 Å². The summed E-state index contributed by atoms with van der Waals surface area (Å²) in [6.07, 6.45) is 3.28. The smallest absolute Gasteiger partial charge is 0.332 e. The molecule has 0 saturated heterocycles. The molecule has 0 bridgehead atoms. The van der Waals surface area contributed by atoms with Gasteiger partial charge in [-0.15, -0.1) is 0 Å². The molecule has 1 aromatic carbocycles. The molecule has 0 saturated carbocycles. The van der Waals surface area contributed by atoms with Crippen molar-refractivity contribution in [2.24, 2.45) is 0 Å². The molecule has 4 rings (SSSR count). The number of imidazole rings is 1. The lowest BCUT2D eigenvalue weighted by Crippen LogP contribution is -2.15. The summed E-state index contributed by atoms with van der Waals surface area (Å²) in [5, 5.41) is 0.810. The second-order valence-electron chi connectivity index (χ2n) is 5.83. The molecule has 27 heavy (non-hydrogen) atoms. The van der Waals surface area contributed by atoms with Gasteiger partial charge in [0.05, 0.1) is 24.9 Å². The summed E-state index contributed by atoms with van der Waals surface area (Å²) in [6.45, 7) is 0.807. The third-order valence-corrected chi connectivity index (χ3v) is 4.25. The van der Waals surface area contributed by atoms with E-state index in [-0.39, 0.29) is 5.69 Å². The van der Waals surface area contributed by atoms with Gasteiger partial charge >= 0.3 is 5.69 Å². The van der Waals surface area contributed by atoms with E-state index in [9.17, 15) is 4.79 Å². The van der Waals surface area contributed by atoms with E-state index < -0.39 is 0 Å². The molecule has 0 aliphatic heterocycles.